The first-order valence-corrected chi connectivity index (χ1v) is 7.49. The summed E-state index contributed by atoms with van der Waals surface area (Å²) in [7, 11) is 0. The second kappa shape index (κ2) is 6.52. The Balaban J connectivity index is 1.62. The van der Waals surface area contributed by atoms with Crippen molar-refractivity contribution in [3.8, 4) is 5.75 Å². The summed E-state index contributed by atoms with van der Waals surface area (Å²) >= 11 is 0. The van der Waals surface area contributed by atoms with E-state index < -0.39 is 0 Å². The monoisotopic (exact) mass is 310 g/mol. The molecule has 0 radical (unpaired) electrons. The number of hydrogen-bond donors (Lipinski definition) is 1. The van der Waals surface area contributed by atoms with Gasteiger partial charge in [-0.05, 0) is 55.8 Å². The number of nitrogens with zero attached hydrogens (tertiary/aromatic N) is 1. The first-order valence-electron chi connectivity index (χ1n) is 7.49. The zero-order valence-corrected chi connectivity index (χ0v) is 13.1. The highest BCUT2D eigenvalue weighted by Gasteiger charge is 2.07. The summed E-state index contributed by atoms with van der Waals surface area (Å²) in [5.41, 5.74) is 3.10. The molecule has 0 aliphatic heterocycles. The second-order valence-electron chi connectivity index (χ2n) is 5.57. The van der Waals surface area contributed by atoms with Crippen molar-refractivity contribution in [1.82, 2.24) is 4.98 Å². The van der Waals surface area contributed by atoms with Crippen molar-refractivity contribution < 1.29 is 13.9 Å². The van der Waals surface area contributed by atoms with Crippen LogP contribution in [0.25, 0.3) is 11.1 Å². The number of hydrogen-bond acceptors (Lipinski definition) is 4. The van der Waals surface area contributed by atoms with Crippen LogP contribution in [0.15, 0.2) is 53.3 Å². The van der Waals surface area contributed by atoms with Crippen LogP contribution in [0.5, 0.6) is 5.75 Å². The molecule has 0 bridgehead atoms. The van der Waals surface area contributed by atoms with Gasteiger partial charge in [0.1, 0.15) is 11.3 Å². The maximum Gasteiger partial charge on any atom is 0.228 e. The number of fused-ring (bicyclic) bond motifs is 1. The van der Waals surface area contributed by atoms with Crippen molar-refractivity contribution in [2.24, 2.45) is 0 Å². The minimum absolute atomic E-state index is 0.0820. The molecule has 1 aromatic heterocycles. The smallest absolute Gasteiger partial charge is 0.228 e. The molecule has 1 N–H and O–H groups in total. The van der Waals surface area contributed by atoms with Gasteiger partial charge in [0, 0.05) is 5.69 Å². The number of rotatable bonds is 5. The first kappa shape index (κ1) is 15.1. The molecule has 1 amide bonds. The lowest BCUT2D eigenvalue weighted by atomic mass is 10.1. The molecule has 3 aromatic rings. The SMILES string of the molecule is CC(C)Oc1ccc(NC(=O)Cc2ccc3ncoc3c2)cc1. The molecule has 3 rings (SSSR count). The van der Waals surface area contributed by atoms with E-state index in [0.717, 1.165) is 22.5 Å². The average Bonchev–Trinajstić information content (AvgIpc) is 2.96. The normalized spacial score (nSPS) is 10.9. The van der Waals surface area contributed by atoms with Crippen LogP contribution in [0.3, 0.4) is 0 Å². The summed E-state index contributed by atoms with van der Waals surface area (Å²) in [6, 6.07) is 12.9. The van der Waals surface area contributed by atoms with E-state index >= 15 is 0 Å². The van der Waals surface area contributed by atoms with E-state index in [4.69, 9.17) is 9.15 Å². The minimum atomic E-state index is -0.0820. The summed E-state index contributed by atoms with van der Waals surface area (Å²) in [5, 5.41) is 2.87. The van der Waals surface area contributed by atoms with Gasteiger partial charge >= 0.3 is 0 Å². The largest absolute Gasteiger partial charge is 0.491 e. The van der Waals surface area contributed by atoms with Crippen LogP contribution < -0.4 is 10.1 Å². The van der Waals surface area contributed by atoms with Crippen LogP contribution in [-0.2, 0) is 11.2 Å². The molecule has 1 heterocycles. The van der Waals surface area contributed by atoms with Gasteiger partial charge in [-0.15, -0.1) is 0 Å². The van der Waals surface area contributed by atoms with E-state index in [1.165, 1.54) is 6.39 Å². The van der Waals surface area contributed by atoms with E-state index in [-0.39, 0.29) is 18.4 Å². The number of carbonyl (C=O) groups excluding carboxylic acids is 1. The predicted octanol–water partition coefficient (Wildman–Crippen LogP) is 3.80. The average molecular weight is 310 g/mol. The molecule has 2 aromatic carbocycles. The Bertz CT molecular complexity index is 807. The van der Waals surface area contributed by atoms with Crippen LogP contribution in [0.4, 0.5) is 5.69 Å². The number of amides is 1. The molecule has 0 unspecified atom stereocenters. The molecule has 5 nitrogen and oxygen atoms in total. The number of nitrogens with one attached hydrogen (secondary N) is 1. The fourth-order valence-corrected chi connectivity index (χ4v) is 2.29. The van der Waals surface area contributed by atoms with Crippen molar-refractivity contribution in [2.45, 2.75) is 26.4 Å². The van der Waals surface area contributed by atoms with Crippen molar-refractivity contribution in [2.75, 3.05) is 5.32 Å². The number of aromatic nitrogens is 1. The van der Waals surface area contributed by atoms with Crippen LogP contribution in [0.1, 0.15) is 19.4 Å². The lowest BCUT2D eigenvalue weighted by Crippen LogP contribution is -2.14. The van der Waals surface area contributed by atoms with Gasteiger partial charge in [-0.1, -0.05) is 6.07 Å². The Hall–Kier alpha value is -2.82. The molecule has 0 saturated heterocycles. The molecule has 118 valence electrons. The molecule has 0 atom stereocenters. The second-order valence-corrected chi connectivity index (χ2v) is 5.57. The van der Waals surface area contributed by atoms with E-state index in [1.54, 1.807) is 0 Å². The van der Waals surface area contributed by atoms with Crippen molar-refractivity contribution in [1.29, 1.82) is 0 Å². The summed E-state index contributed by atoms with van der Waals surface area (Å²) < 4.78 is 10.8. The highest BCUT2D eigenvalue weighted by atomic mass is 16.5. The van der Waals surface area contributed by atoms with Gasteiger partial charge in [0.2, 0.25) is 5.91 Å². The standard InChI is InChI=1S/C18H18N2O3/c1-12(2)23-15-6-4-14(5-7-15)20-18(21)10-13-3-8-16-17(9-13)22-11-19-16/h3-9,11-12H,10H2,1-2H3,(H,20,21). The zero-order chi connectivity index (χ0) is 16.2. The topological polar surface area (TPSA) is 64.4 Å². The summed E-state index contributed by atoms with van der Waals surface area (Å²) in [6.07, 6.45) is 1.80. The van der Waals surface area contributed by atoms with Crippen molar-refractivity contribution in [3.63, 3.8) is 0 Å². The number of oxazole rings is 1. The molecule has 0 fully saturated rings. The fourth-order valence-electron chi connectivity index (χ4n) is 2.29. The third kappa shape index (κ3) is 3.88. The van der Waals surface area contributed by atoms with Crippen LogP contribution in [-0.4, -0.2) is 17.0 Å². The van der Waals surface area contributed by atoms with Gasteiger partial charge in [0.25, 0.3) is 0 Å². The van der Waals surface area contributed by atoms with E-state index in [0.29, 0.717) is 5.58 Å². The lowest BCUT2D eigenvalue weighted by Gasteiger charge is -2.10. The molecule has 0 spiro atoms. The van der Waals surface area contributed by atoms with Gasteiger partial charge in [-0.25, -0.2) is 4.98 Å². The Morgan fingerprint density at radius 3 is 2.74 bits per heavy atom. The van der Waals surface area contributed by atoms with Crippen molar-refractivity contribution in [3.05, 3.63) is 54.4 Å². The summed E-state index contributed by atoms with van der Waals surface area (Å²) in [4.78, 5) is 16.2. The Kier molecular flexibility index (Phi) is 4.28. The Labute approximate surface area is 134 Å². The first-order chi connectivity index (χ1) is 11.1. The molecule has 0 aliphatic rings. The van der Waals surface area contributed by atoms with Crippen LogP contribution in [0, 0.1) is 0 Å². The predicted molar refractivity (Wildman–Crippen MR) is 88.5 cm³/mol. The Morgan fingerprint density at radius 2 is 2.00 bits per heavy atom. The van der Waals surface area contributed by atoms with Crippen molar-refractivity contribution >= 4 is 22.7 Å². The highest BCUT2D eigenvalue weighted by molar-refractivity contribution is 5.92. The molecular weight excluding hydrogens is 292 g/mol. The van der Waals surface area contributed by atoms with Gasteiger partial charge in [0.05, 0.1) is 12.5 Å². The molecule has 0 saturated carbocycles. The van der Waals surface area contributed by atoms with E-state index in [1.807, 2.05) is 56.3 Å². The van der Waals surface area contributed by atoms with Crippen LogP contribution >= 0.6 is 0 Å². The van der Waals surface area contributed by atoms with Gasteiger partial charge < -0.3 is 14.5 Å². The number of anilines is 1. The summed E-state index contributed by atoms with van der Waals surface area (Å²) in [6.45, 7) is 3.95. The molecule has 23 heavy (non-hydrogen) atoms. The Morgan fingerprint density at radius 1 is 1.22 bits per heavy atom. The zero-order valence-electron chi connectivity index (χ0n) is 13.1. The number of benzene rings is 2. The van der Waals surface area contributed by atoms with Gasteiger partial charge in [0.15, 0.2) is 12.0 Å². The number of ether oxygens (including phenoxy) is 1. The molecule has 0 aliphatic carbocycles. The molecular formula is C18H18N2O3. The lowest BCUT2D eigenvalue weighted by molar-refractivity contribution is -0.115. The van der Waals surface area contributed by atoms with Crippen LogP contribution in [0.2, 0.25) is 0 Å². The number of carbonyl (C=O) groups is 1. The van der Waals surface area contributed by atoms with E-state index in [2.05, 4.69) is 10.3 Å². The van der Waals surface area contributed by atoms with Gasteiger partial charge in [-0.2, -0.15) is 0 Å². The fraction of sp³-hybridized carbons (Fsp3) is 0.222. The maximum absolute atomic E-state index is 12.1. The maximum atomic E-state index is 12.1. The van der Waals surface area contributed by atoms with E-state index in [9.17, 15) is 4.79 Å². The summed E-state index contributed by atoms with van der Waals surface area (Å²) in [5.74, 6) is 0.704. The molecule has 5 heteroatoms. The minimum Gasteiger partial charge on any atom is -0.491 e. The third-order valence-corrected chi connectivity index (χ3v) is 3.27. The highest BCUT2D eigenvalue weighted by Crippen LogP contribution is 2.18. The van der Waals surface area contributed by atoms with Gasteiger partial charge in [-0.3, -0.25) is 4.79 Å². The quantitative estimate of drug-likeness (QED) is 0.778. The third-order valence-electron chi connectivity index (χ3n) is 3.27.